The Balaban J connectivity index is 1.74. The highest BCUT2D eigenvalue weighted by Crippen LogP contribution is 2.18. The lowest BCUT2D eigenvalue weighted by molar-refractivity contribution is -0.121. The van der Waals surface area contributed by atoms with E-state index in [0.717, 1.165) is 11.6 Å². The maximum absolute atomic E-state index is 13.6. The summed E-state index contributed by atoms with van der Waals surface area (Å²) in [6.45, 7) is 0.480. The Labute approximate surface area is 146 Å². The number of anilines is 1. The van der Waals surface area contributed by atoms with E-state index in [4.69, 9.17) is 10.5 Å². The molecule has 2 rings (SSSR count). The van der Waals surface area contributed by atoms with Crippen LogP contribution in [-0.4, -0.2) is 25.3 Å². The third kappa shape index (κ3) is 5.60. The number of nitrogen functional groups attached to an aromatic ring is 1. The van der Waals surface area contributed by atoms with Crippen molar-refractivity contribution in [1.82, 2.24) is 5.32 Å². The number of hydrogen-bond donors (Lipinski definition) is 2. The number of carbonyl (C=O) groups is 2. The van der Waals surface area contributed by atoms with Crippen molar-refractivity contribution in [3.63, 3.8) is 0 Å². The number of ketones is 1. The predicted octanol–water partition coefficient (Wildman–Crippen LogP) is 2.74. The quantitative estimate of drug-likeness (QED) is 0.570. The second-order valence-electron chi connectivity index (χ2n) is 5.61. The van der Waals surface area contributed by atoms with Crippen molar-refractivity contribution in [3.05, 3.63) is 59.4 Å². The topological polar surface area (TPSA) is 81.4 Å². The van der Waals surface area contributed by atoms with Crippen LogP contribution in [0.15, 0.2) is 42.5 Å². The number of nitrogens with two attached hydrogens (primary N) is 1. The van der Waals surface area contributed by atoms with E-state index in [0.29, 0.717) is 18.7 Å². The molecule has 0 radical (unpaired) electrons. The molecule has 2 aromatic carbocycles. The van der Waals surface area contributed by atoms with Crippen molar-refractivity contribution in [3.8, 4) is 5.75 Å². The molecule has 3 N–H and O–H groups in total. The Morgan fingerprint density at radius 3 is 2.48 bits per heavy atom. The van der Waals surface area contributed by atoms with Gasteiger partial charge in [0.2, 0.25) is 5.91 Å². The van der Waals surface area contributed by atoms with Crippen molar-refractivity contribution < 1.29 is 18.7 Å². The molecule has 5 nitrogen and oxygen atoms in total. The molecule has 0 bridgehead atoms. The highest BCUT2D eigenvalue weighted by atomic mass is 19.1. The number of benzene rings is 2. The highest BCUT2D eigenvalue weighted by molar-refractivity contribution is 5.98. The van der Waals surface area contributed by atoms with E-state index >= 15 is 0 Å². The lowest BCUT2D eigenvalue weighted by atomic mass is 10.1. The number of methoxy groups -OCH3 is 1. The predicted molar refractivity (Wildman–Crippen MR) is 94.1 cm³/mol. The van der Waals surface area contributed by atoms with Crippen LogP contribution >= 0.6 is 0 Å². The van der Waals surface area contributed by atoms with Gasteiger partial charge >= 0.3 is 0 Å². The van der Waals surface area contributed by atoms with Crippen molar-refractivity contribution in [2.45, 2.75) is 19.3 Å². The Morgan fingerprint density at radius 1 is 1.12 bits per heavy atom. The van der Waals surface area contributed by atoms with Gasteiger partial charge in [0.15, 0.2) is 17.3 Å². The number of amides is 1. The van der Waals surface area contributed by atoms with Gasteiger partial charge in [-0.1, -0.05) is 12.1 Å². The standard InChI is InChI=1S/C19H21FN2O3/c1-25-18-8-4-14(12-16(18)20)17(23)7-9-19(24)22-11-10-13-2-5-15(21)6-3-13/h2-6,8,12H,7,9-11,21H2,1H3,(H,22,24). The minimum atomic E-state index is -0.596. The molecule has 132 valence electrons. The first-order chi connectivity index (χ1) is 12.0. The van der Waals surface area contributed by atoms with Gasteiger partial charge in [0.25, 0.3) is 0 Å². The van der Waals surface area contributed by atoms with E-state index in [1.54, 1.807) is 0 Å². The zero-order valence-corrected chi connectivity index (χ0v) is 14.0. The molecule has 0 fully saturated rings. The Kier molecular flexibility index (Phi) is 6.51. The molecule has 0 unspecified atom stereocenters. The first kappa shape index (κ1) is 18.4. The molecule has 6 heteroatoms. The van der Waals surface area contributed by atoms with Crippen molar-refractivity contribution >= 4 is 17.4 Å². The largest absolute Gasteiger partial charge is 0.494 e. The second kappa shape index (κ2) is 8.82. The number of Topliss-reactive ketones (excluding diaryl/α,β-unsaturated/α-hetero) is 1. The van der Waals surface area contributed by atoms with Crippen molar-refractivity contribution in [2.75, 3.05) is 19.4 Å². The van der Waals surface area contributed by atoms with Gasteiger partial charge in [0.1, 0.15) is 0 Å². The zero-order valence-electron chi connectivity index (χ0n) is 14.0. The van der Waals surface area contributed by atoms with Gasteiger partial charge in [-0.15, -0.1) is 0 Å². The van der Waals surface area contributed by atoms with Crippen LogP contribution in [0.5, 0.6) is 5.75 Å². The zero-order chi connectivity index (χ0) is 18.2. The fraction of sp³-hybridized carbons (Fsp3) is 0.263. The van der Waals surface area contributed by atoms with E-state index in [1.165, 1.54) is 19.2 Å². The Morgan fingerprint density at radius 2 is 1.84 bits per heavy atom. The molecular formula is C19H21FN2O3. The molecule has 0 saturated heterocycles. The number of rotatable bonds is 8. The number of halogens is 1. The van der Waals surface area contributed by atoms with Gasteiger partial charge in [-0.3, -0.25) is 9.59 Å². The summed E-state index contributed by atoms with van der Waals surface area (Å²) in [5.41, 5.74) is 7.61. The van der Waals surface area contributed by atoms with Crippen LogP contribution in [-0.2, 0) is 11.2 Å². The summed E-state index contributed by atoms with van der Waals surface area (Å²) >= 11 is 0. The molecule has 0 spiro atoms. The fourth-order valence-electron chi connectivity index (χ4n) is 2.33. The number of nitrogens with one attached hydrogen (secondary N) is 1. The molecule has 0 heterocycles. The molecule has 25 heavy (non-hydrogen) atoms. The lowest BCUT2D eigenvalue weighted by Gasteiger charge is -2.07. The van der Waals surface area contributed by atoms with Gasteiger partial charge in [0, 0.05) is 30.6 Å². The molecular weight excluding hydrogens is 323 g/mol. The SMILES string of the molecule is COc1ccc(C(=O)CCC(=O)NCCc2ccc(N)cc2)cc1F. The first-order valence-electron chi connectivity index (χ1n) is 7.97. The average molecular weight is 344 g/mol. The van der Waals surface area contributed by atoms with Gasteiger partial charge in [-0.25, -0.2) is 4.39 Å². The van der Waals surface area contributed by atoms with E-state index in [-0.39, 0.29) is 35.8 Å². The van der Waals surface area contributed by atoms with Gasteiger partial charge in [0.05, 0.1) is 7.11 Å². The molecule has 1 amide bonds. The fourth-order valence-corrected chi connectivity index (χ4v) is 2.33. The van der Waals surface area contributed by atoms with Gasteiger partial charge in [-0.05, 0) is 42.3 Å². The second-order valence-corrected chi connectivity index (χ2v) is 5.61. The van der Waals surface area contributed by atoms with Crippen LogP contribution in [0.1, 0.15) is 28.8 Å². The third-order valence-corrected chi connectivity index (χ3v) is 3.77. The van der Waals surface area contributed by atoms with Gasteiger partial charge < -0.3 is 15.8 Å². The summed E-state index contributed by atoms with van der Waals surface area (Å²) in [5.74, 6) is -1.01. The van der Waals surface area contributed by atoms with E-state index in [1.807, 2.05) is 24.3 Å². The molecule has 0 aliphatic rings. The Hall–Kier alpha value is -2.89. The average Bonchev–Trinajstić information content (AvgIpc) is 2.61. The normalized spacial score (nSPS) is 10.3. The van der Waals surface area contributed by atoms with Crippen LogP contribution in [0.2, 0.25) is 0 Å². The molecule has 0 saturated carbocycles. The number of ether oxygens (including phenoxy) is 1. The van der Waals surface area contributed by atoms with Crippen LogP contribution in [0.25, 0.3) is 0 Å². The van der Waals surface area contributed by atoms with Crippen molar-refractivity contribution in [2.24, 2.45) is 0 Å². The molecule has 0 aliphatic carbocycles. The molecule has 0 aliphatic heterocycles. The monoisotopic (exact) mass is 344 g/mol. The van der Waals surface area contributed by atoms with Crippen LogP contribution < -0.4 is 15.8 Å². The van der Waals surface area contributed by atoms with Crippen LogP contribution in [0, 0.1) is 5.82 Å². The maximum Gasteiger partial charge on any atom is 0.220 e. The summed E-state index contributed by atoms with van der Waals surface area (Å²) in [6, 6.07) is 11.4. The van der Waals surface area contributed by atoms with Crippen molar-refractivity contribution in [1.29, 1.82) is 0 Å². The van der Waals surface area contributed by atoms with Crippen LogP contribution in [0.3, 0.4) is 0 Å². The summed E-state index contributed by atoms with van der Waals surface area (Å²) in [4.78, 5) is 23.8. The summed E-state index contributed by atoms with van der Waals surface area (Å²) < 4.78 is 18.4. The number of carbonyl (C=O) groups excluding carboxylic acids is 2. The minimum absolute atomic E-state index is 0.0273. The van der Waals surface area contributed by atoms with E-state index < -0.39 is 5.82 Å². The Bertz CT molecular complexity index is 745. The van der Waals surface area contributed by atoms with E-state index in [9.17, 15) is 14.0 Å². The maximum atomic E-state index is 13.6. The third-order valence-electron chi connectivity index (χ3n) is 3.77. The smallest absolute Gasteiger partial charge is 0.220 e. The molecule has 0 aromatic heterocycles. The lowest BCUT2D eigenvalue weighted by Crippen LogP contribution is -2.26. The minimum Gasteiger partial charge on any atom is -0.494 e. The van der Waals surface area contributed by atoms with Gasteiger partial charge in [-0.2, -0.15) is 0 Å². The highest BCUT2D eigenvalue weighted by Gasteiger charge is 2.12. The molecule has 0 atom stereocenters. The summed E-state index contributed by atoms with van der Waals surface area (Å²) in [7, 11) is 1.36. The molecule has 2 aromatic rings. The first-order valence-corrected chi connectivity index (χ1v) is 7.97. The number of hydrogen-bond acceptors (Lipinski definition) is 4. The van der Waals surface area contributed by atoms with Crippen LogP contribution in [0.4, 0.5) is 10.1 Å². The summed E-state index contributed by atoms with van der Waals surface area (Å²) in [6.07, 6.45) is 0.775. The summed E-state index contributed by atoms with van der Waals surface area (Å²) in [5, 5.41) is 2.77. The van der Waals surface area contributed by atoms with E-state index in [2.05, 4.69) is 5.32 Å².